The van der Waals surface area contributed by atoms with E-state index in [1.54, 1.807) is 0 Å². The van der Waals surface area contributed by atoms with Crippen LogP contribution in [0.4, 0.5) is 0 Å². The first-order valence-corrected chi connectivity index (χ1v) is 5.22. The van der Waals surface area contributed by atoms with E-state index < -0.39 is 0 Å². The Balaban J connectivity index is 2.51. The highest BCUT2D eigenvalue weighted by Crippen LogP contribution is 2.12. The van der Waals surface area contributed by atoms with Gasteiger partial charge in [0, 0.05) is 13.1 Å². The molecule has 1 amide bonds. The molecule has 0 bridgehead atoms. The molecule has 4 heteroatoms. The maximum Gasteiger partial charge on any atom is 0.234 e. The normalized spacial score (nSPS) is 21.1. The topological polar surface area (TPSA) is 55.6 Å². The summed E-state index contributed by atoms with van der Waals surface area (Å²) in [5, 5.41) is 0. The van der Waals surface area contributed by atoms with Crippen molar-refractivity contribution in [1.29, 1.82) is 0 Å². The number of nitrogens with two attached hydrogens (primary N) is 1. The van der Waals surface area contributed by atoms with E-state index in [2.05, 4.69) is 18.7 Å². The van der Waals surface area contributed by atoms with E-state index in [0.29, 0.717) is 19.1 Å². The second kappa shape index (κ2) is 5.32. The molecule has 4 nitrogen and oxygen atoms in total. The first-order chi connectivity index (χ1) is 6.61. The molecule has 82 valence electrons. The van der Waals surface area contributed by atoms with E-state index in [-0.39, 0.29) is 11.9 Å². The molecule has 1 aliphatic rings. The Labute approximate surface area is 85.4 Å². The quantitative estimate of drug-likeness (QED) is 0.706. The Morgan fingerprint density at radius 1 is 1.43 bits per heavy atom. The molecule has 0 spiro atoms. The number of hydrogen-bond acceptors (Lipinski definition) is 3. The van der Waals surface area contributed by atoms with Gasteiger partial charge in [0.15, 0.2) is 0 Å². The molecular weight excluding hydrogens is 180 g/mol. The molecule has 1 atom stereocenters. The highest BCUT2D eigenvalue weighted by molar-refractivity contribution is 5.79. The average molecular weight is 200 g/mol. The predicted molar refractivity (Wildman–Crippen MR) is 54.8 cm³/mol. The van der Waals surface area contributed by atoms with Crippen LogP contribution in [0.3, 0.4) is 0 Å². The Kier molecular flexibility index (Phi) is 4.35. The summed E-state index contributed by atoms with van der Waals surface area (Å²) in [6.45, 7) is 7.27. The summed E-state index contributed by atoms with van der Waals surface area (Å²) >= 11 is 0. The van der Waals surface area contributed by atoms with Crippen molar-refractivity contribution in [2.24, 2.45) is 11.7 Å². The number of ether oxygens (including phenoxy) is 1. The lowest BCUT2D eigenvalue weighted by Crippen LogP contribution is -2.50. The fourth-order valence-corrected chi connectivity index (χ4v) is 1.78. The lowest BCUT2D eigenvalue weighted by atomic mass is 10.0. The molecule has 1 saturated heterocycles. The van der Waals surface area contributed by atoms with Gasteiger partial charge in [-0.3, -0.25) is 9.69 Å². The first-order valence-electron chi connectivity index (χ1n) is 5.22. The Morgan fingerprint density at radius 3 is 2.43 bits per heavy atom. The van der Waals surface area contributed by atoms with Crippen LogP contribution in [0.5, 0.6) is 0 Å². The molecule has 0 saturated carbocycles. The van der Waals surface area contributed by atoms with Crippen molar-refractivity contribution in [2.45, 2.75) is 26.3 Å². The Morgan fingerprint density at radius 2 is 2.00 bits per heavy atom. The number of morpholine rings is 1. The molecule has 0 radical (unpaired) electrons. The van der Waals surface area contributed by atoms with E-state index in [0.717, 1.165) is 19.5 Å². The van der Waals surface area contributed by atoms with Gasteiger partial charge in [-0.2, -0.15) is 0 Å². The van der Waals surface area contributed by atoms with Crippen LogP contribution in [-0.4, -0.2) is 43.2 Å². The number of rotatable bonds is 4. The van der Waals surface area contributed by atoms with Gasteiger partial charge >= 0.3 is 0 Å². The number of carbonyl (C=O) groups excluding carboxylic acids is 1. The smallest absolute Gasteiger partial charge is 0.234 e. The minimum Gasteiger partial charge on any atom is -0.379 e. The second-order valence-corrected chi connectivity index (χ2v) is 4.20. The maximum atomic E-state index is 11.3. The molecule has 2 N–H and O–H groups in total. The zero-order chi connectivity index (χ0) is 10.6. The molecule has 14 heavy (non-hydrogen) atoms. The third kappa shape index (κ3) is 3.27. The molecule has 0 aromatic carbocycles. The zero-order valence-corrected chi connectivity index (χ0v) is 9.03. The Hall–Kier alpha value is -0.610. The van der Waals surface area contributed by atoms with Gasteiger partial charge in [0.1, 0.15) is 0 Å². The van der Waals surface area contributed by atoms with E-state index in [1.807, 2.05) is 0 Å². The SMILES string of the molecule is CC(C)CC(C(N)=O)N1CCOCC1. The lowest BCUT2D eigenvalue weighted by Gasteiger charge is -2.33. The fraction of sp³-hybridized carbons (Fsp3) is 0.900. The van der Waals surface area contributed by atoms with Crippen LogP contribution < -0.4 is 5.73 Å². The van der Waals surface area contributed by atoms with E-state index in [9.17, 15) is 4.79 Å². The summed E-state index contributed by atoms with van der Waals surface area (Å²) in [7, 11) is 0. The maximum absolute atomic E-state index is 11.3. The van der Waals surface area contributed by atoms with Crippen molar-refractivity contribution in [3.63, 3.8) is 0 Å². The standard InChI is InChI=1S/C10H20N2O2/c1-8(2)7-9(10(11)13)12-3-5-14-6-4-12/h8-9H,3-7H2,1-2H3,(H2,11,13). The van der Waals surface area contributed by atoms with Crippen LogP contribution in [0.1, 0.15) is 20.3 Å². The molecule has 0 aliphatic carbocycles. The van der Waals surface area contributed by atoms with Gasteiger partial charge in [0.25, 0.3) is 0 Å². The molecule has 1 aliphatic heterocycles. The van der Waals surface area contributed by atoms with Gasteiger partial charge in [0.2, 0.25) is 5.91 Å². The van der Waals surface area contributed by atoms with Gasteiger partial charge < -0.3 is 10.5 Å². The van der Waals surface area contributed by atoms with E-state index in [4.69, 9.17) is 10.5 Å². The minimum absolute atomic E-state index is 0.112. The average Bonchev–Trinajstić information content (AvgIpc) is 2.15. The van der Waals surface area contributed by atoms with Crippen molar-refractivity contribution < 1.29 is 9.53 Å². The third-order valence-corrected chi connectivity index (χ3v) is 2.51. The van der Waals surface area contributed by atoms with Crippen LogP contribution >= 0.6 is 0 Å². The monoisotopic (exact) mass is 200 g/mol. The first kappa shape index (κ1) is 11.5. The largest absolute Gasteiger partial charge is 0.379 e. The highest BCUT2D eigenvalue weighted by Gasteiger charge is 2.25. The zero-order valence-electron chi connectivity index (χ0n) is 9.03. The van der Waals surface area contributed by atoms with Gasteiger partial charge in [-0.1, -0.05) is 13.8 Å². The summed E-state index contributed by atoms with van der Waals surface area (Å²) in [6.07, 6.45) is 0.843. The van der Waals surface area contributed by atoms with E-state index in [1.165, 1.54) is 0 Å². The molecule has 1 unspecified atom stereocenters. The van der Waals surface area contributed by atoms with E-state index >= 15 is 0 Å². The highest BCUT2D eigenvalue weighted by atomic mass is 16.5. The summed E-state index contributed by atoms with van der Waals surface area (Å²) in [6, 6.07) is -0.112. The molecule has 0 aromatic heterocycles. The Bertz CT molecular complexity index is 189. The fourth-order valence-electron chi connectivity index (χ4n) is 1.78. The summed E-state index contributed by atoms with van der Waals surface area (Å²) in [5.74, 6) is 0.288. The minimum atomic E-state index is -0.208. The van der Waals surface area contributed by atoms with Crippen molar-refractivity contribution in [2.75, 3.05) is 26.3 Å². The van der Waals surface area contributed by atoms with Crippen LogP contribution in [0, 0.1) is 5.92 Å². The number of hydrogen-bond donors (Lipinski definition) is 1. The van der Waals surface area contributed by atoms with Crippen LogP contribution in [0.2, 0.25) is 0 Å². The van der Waals surface area contributed by atoms with Crippen molar-refractivity contribution >= 4 is 5.91 Å². The van der Waals surface area contributed by atoms with Crippen molar-refractivity contribution in [1.82, 2.24) is 4.90 Å². The molecular formula is C10H20N2O2. The van der Waals surface area contributed by atoms with Crippen molar-refractivity contribution in [3.05, 3.63) is 0 Å². The summed E-state index contributed by atoms with van der Waals surface area (Å²) < 4.78 is 5.24. The number of amides is 1. The van der Waals surface area contributed by atoms with Gasteiger partial charge in [0.05, 0.1) is 19.3 Å². The number of carbonyl (C=O) groups is 1. The second-order valence-electron chi connectivity index (χ2n) is 4.20. The number of primary amides is 1. The summed E-state index contributed by atoms with van der Waals surface area (Å²) in [4.78, 5) is 13.4. The number of nitrogens with zero attached hydrogens (tertiary/aromatic N) is 1. The van der Waals surface area contributed by atoms with Crippen LogP contribution in [0.15, 0.2) is 0 Å². The van der Waals surface area contributed by atoms with Crippen LogP contribution in [-0.2, 0) is 9.53 Å². The molecule has 1 fully saturated rings. The van der Waals surface area contributed by atoms with Gasteiger partial charge in [-0.15, -0.1) is 0 Å². The molecule has 1 heterocycles. The lowest BCUT2D eigenvalue weighted by molar-refractivity contribution is -0.125. The summed E-state index contributed by atoms with van der Waals surface area (Å²) in [5.41, 5.74) is 5.39. The van der Waals surface area contributed by atoms with Gasteiger partial charge in [-0.25, -0.2) is 0 Å². The third-order valence-electron chi connectivity index (χ3n) is 2.51. The van der Waals surface area contributed by atoms with Crippen LogP contribution in [0.25, 0.3) is 0 Å². The van der Waals surface area contributed by atoms with Crippen molar-refractivity contribution in [3.8, 4) is 0 Å². The predicted octanol–water partition coefficient (Wildman–Crippen LogP) is 0.219. The molecule has 0 aromatic rings. The molecule has 1 rings (SSSR count). The van der Waals surface area contributed by atoms with Gasteiger partial charge in [-0.05, 0) is 12.3 Å².